The first kappa shape index (κ1) is 25.3. The lowest BCUT2D eigenvalue weighted by atomic mass is 10.0. The van der Waals surface area contributed by atoms with Crippen molar-refractivity contribution in [2.75, 3.05) is 13.2 Å². The van der Waals surface area contributed by atoms with Crippen LogP contribution >= 0.6 is 11.6 Å². The second-order valence-electron chi connectivity index (χ2n) is 8.10. The molecule has 34 heavy (non-hydrogen) atoms. The van der Waals surface area contributed by atoms with Gasteiger partial charge in [-0.05, 0) is 41.8 Å². The van der Waals surface area contributed by atoms with Gasteiger partial charge < -0.3 is 15.0 Å². The molecule has 0 saturated carbocycles. The van der Waals surface area contributed by atoms with Crippen LogP contribution in [0.2, 0.25) is 5.02 Å². The van der Waals surface area contributed by atoms with Crippen molar-refractivity contribution in [3.05, 3.63) is 101 Å². The van der Waals surface area contributed by atoms with E-state index in [9.17, 15) is 9.59 Å². The molecule has 0 aromatic heterocycles. The van der Waals surface area contributed by atoms with Crippen molar-refractivity contribution in [2.45, 2.75) is 38.8 Å². The predicted molar refractivity (Wildman–Crippen MR) is 136 cm³/mol. The molecule has 0 fully saturated rings. The molecule has 0 saturated heterocycles. The highest BCUT2D eigenvalue weighted by atomic mass is 35.5. The average molecular weight is 479 g/mol. The van der Waals surface area contributed by atoms with Gasteiger partial charge in [0, 0.05) is 24.5 Å². The highest BCUT2D eigenvalue weighted by Crippen LogP contribution is 2.18. The third-order valence-corrected chi connectivity index (χ3v) is 5.72. The van der Waals surface area contributed by atoms with E-state index in [4.69, 9.17) is 16.3 Å². The van der Waals surface area contributed by atoms with E-state index < -0.39 is 6.04 Å². The Morgan fingerprint density at radius 2 is 1.56 bits per heavy atom. The normalized spacial score (nSPS) is 11.5. The fraction of sp³-hybridized carbons (Fsp3) is 0.286. The minimum Gasteiger partial charge on any atom is -0.484 e. The largest absolute Gasteiger partial charge is 0.484 e. The Kier molecular flexibility index (Phi) is 9.98. The van der Waals surface area contributed by atoms with Gasteiger partial charge in [-0.1, -0.05) is 85.6 Å². The third kappa shape index (κ3) is 7.92. The molecule has 2 amide bonds. The van der Waals surface area contributed by atoms with Gasteiger partial charge in [0.15, 0.2) is 6.61 Å². The van der Waals surface area contributed by atoms with Gasteiger partial charge >= 0.3 is 0 Å². The molecular formula is C28H31ClN2O3. The van der Waals surface area contributed by atoms with E-state index in [1.807, 2.05) is 60.7 Å². The van der Waals surface area contributed by atoms with Crippen LogP contribution in [0.1, 0.15) is 30.9 Å². The van der Waals surface area contributed by atoms with Crippen LogP contribution in [-0.2, 0) is 22.6 Å². The zero-order valence-corrected chi connectivity index (χ0v) is 20.2. The Balaban J connectivity index is 1.86. The van der Waals surface area contributed by atoms with E-state index >= 15 is 0 Å². The van der Waals surface area contributed by atoms with E-state index in [2.05, 4.69) is 12.2 Å². The monoisotopic (exact) mass is 478 g/mol. The van der Waals surface area contributed by atoms with Crippen LogP contribution in [0.25, 0.3) is 0 Å². The number of benzene rings is 3. The molecule has 1 N–H and O–H groups in total. The Morgan fingerprint density at radius 3 is 2.21 bits per heavy atom. The standard InChI is InChI=1S/C28H31ClN2O3/c1-2-3-18-30-28(33)26(19-22-10-6-4-7-11-22)31(20-23-14-16-24(29)17-15-23)27(32)21-34-25-12-8-5-9-13-25/h4-17,26H,2-3,18-21H2,1H3,(H,30,33)/t26-/m0/s1. The highest BCUT2D eigenvalue weighted by Gasteiger charge is 2.30. The van der Waals surface area contributed by atoms with Gasteiger partial charge in [-0.2, -0.15) is 0 Å². The number of nitrogens with one attached hydrogen (secondary N) is 1. The summed E-state index contributed by atoms with van der Waals surface area (Å²) in [4.78, 5) is 28.4. The summed E-state index contributed by atoms with van der Waals surface area (Å²) in [5, 5.41) is 3.63. The molecule has 0 heterocycles. The van der Waals surface area contributed by atoms with Crippen LogP contribution < -0.4 is 10.1 Å². The van der Waals surface area contributed by atoms with Crippen LogP contribution in [0.15, 0.2) is 84.9 Å². The van der Waals surface area contributed by atoms with Gasteiger partial charge in [-0.15, -0.1) is 0 Å². The second kappa shape index (κ2) is 13.4. The van der Waals surface area contributed by atoms with Crippen LogP contribution in [-0.4, -0.2) is 35.9 Å². The molecule has 3 aromatic carbocycles. The summed E-state index contributed by atoms with van der Waals surface area (Å²) in [6, 6.07) is 25.6. The molecule has 0 aliphatic heterocycles. The summed E-state index contributed by atoms with van der Waals surface area (Å²) >= 11 is 6.05. The van der Waals surface area contributed by atoms with Crippen LogP contribution in [0, 0.1) is 0 Å². The highest BCUT2D eigenvalue weighted by molar-refractivity contribution is 6.30. The van der Waals surface area contributed by atoms with E-state index in [1.165, 1.54) is 0 Å². The van der Waals surface area contributed by atoms with Crippen molar-refractivity contribution in [1.29, 1.82) is 0 Å². The number of amides is 2. The van der Waals surface area contributed by atoms with Crippen LogP contribution in [0.4, 0.5) is 0 Å². The van der Waals surface area contributed by atoms with E-state index in [-0.39, 0.29) is 25.0 Å². The maximum Gasteiger partial charge on any atom is 0.261 e. The average Bonchev–Trinajstić information content (AvgIpc) is 2.87. The van der Waals surface area contributed by atoms with E-state index in [1.54, 1.807) is 29.2 Å². The van der Waals surface area contributed by atoms with E-state index in [0.717, 1.165) is 24.0 Å². The minimum absolute atomic E-state index is 0.162. The molecule has 3 aromatic rings. The van der Waals surface area contributed by atoms with Crippen molar-refractivity contribution >= 4 is 23.4 Å². The van der Waals surface area contributed by atoms with Gasteiger partial charge in [0.25, 0.3) is 5.91 Å². The quantitative estimate of drug-likeness (QED) is 0.360. The molecule has 3 rings (SSSR count). The first-order chi connectivity index (χ1) is 16.6. The Morgan fingerprint density at radius 1 is 0.912 bits per heavy atom. The molecule has 0 bridgehead atoms. The lowest BCUT2D eigenvalue weighted by Gasteiger charge is -2.31. The maximum atomic E-state index is 13.4. The first-order valence-corrected chi connectivity index (χ1v) is 12.0. The molecular weight excluding hydrogens is 448 g/mol. The zero-order valence-electron chi connectivity index (χ0n) is 19.5. The minimum atomic E-state index is -0.679. The molecule has 0 aliphatic rings. The number of hydrogen-bond donors (Lipinski definition) is 1. The smallest absolute Gasteiger partial charge is 0.261 e. The van der Waals surface area contributed by atoms with Crippen LogP contribution in [0.5, 0.6) is 5.75 Å². The SMILES string of the molecule is CCCCNC(=O)[C@H](Cc1ccccc1)N(Cc1ccc(Cl)cc1)C(=O)COc1ccccc1. The van der Waals surface area contributed by atoms with Gasteiger partial charge in [0.1, 0.15) is 11.8 Å². The zero-order chi connectivity index (χ0) is 24.2. The number of carbonyl (C=O) groups is 2. The maximum absolute atomic E-state index is 13.4. The molecule has 0 spiro atoms. The second-order valence-corrected chi connectivity index (χ2v) is 8.54. The van der Waals surface area contributed by atoms with Gasteiger partial charge in [0.2, 0.25) is 5.91 Å². The van der Waals surface area contributed by atoms with Crippen molar-refractivity contribution in [3.8, 4) is 5.75 Å². The summed E-state index contributed by atoms with van der Waals surface area (Å²) in [7, 11) is 0. The Labute approximate surface area is 206 Å². The molecule has 0 radical (unpaired) electrons. The van der Waals surface area contributed by atoms with Gasteiger partial charge in [-0.3, -0.25) is 9.59 Å². The summed E-state index contributed by atoms with van der Waals surface area (Å²) in [5.41, 5.74) is 1.87. The van der Waals surface area contributed by atoms with Gasteiger partial charge in [0.05, 0.1) is 0 Å². The summed E-state index contributed by atoms with van der Waals surface area (Å²) in [6.07, 6.45) is 2.26. The molecule has 6 heteroatoms. The first-order valence-electron chi connectivity index (χ1n) is 11.6. The number of carbonyl (C=O) groups excluding carboxylic acids is 2. The topological polar surface area (TPSA) is 58.6 Å². The summed E-state index contributed by atoms with van der Waals surface area (Å²) < 4.78 is 5.74. The van der Waals surface area contributed by atoms with Crippen molar-refractivity contribution < 1.29 is 14.3 Å². The number of nitrogens with zero attached hydrogens (tertiary/aromatic N) is 1. The number of para-hydroxylation sites is 1. The van der Waals surface area contributed by atoms with Crippen LogP contribution in [0.3, 0.4) is 0 Å². The number of hydrogen-bond acceptors (Lipinski definition) is 3. The number of halogens is 1. The van der Waals surface area contributed by atoms with Crippen molar-refractivity contribution in [2.24, 2.45) is 0 Å². The van der Waals surface area contributed by atoms with E-state index in [0.29, 0.717) is 23.7 Å². The fourth-order valence-corrected chi connectivity index (χ4v) is 3.72. The number of unbranched alkanes of at least 4 members (excludes halogenated alkanes) is 1. The Hall–Kier alpha value is -3.31. The van der Waals surface area contributed by atoms with Gasteiger partial charge in [-0.25, -0.2) is 0 Å². The Bertz CT molecular complexity index is 1030. The molecule has 0 unspecified atom stereocenters. The molecule has 178 valence electrons. The van der Waals surface area contributed by atoms with Crippen molar-refractivity contribution in [3.63, 3.8) is 0 Å². The molecule has 5 nitrogen and oxygen atoms in total. The van der Waals surface area contributed by atoms with Crippen molar-refractivity contribution in [1.82, 2.24) is 10.2 Å². The molecule has 1 atom stereocenters. The number of rotatable bonds is 12. The molecule has 0 aliphatic carbocycles. The number of ether oxygens (including phenoxy) is 1. The fourth-order valence-electron chi connectivity index (χ4n) is 3.59. The lowest BCUT2D eigenvalue weighted by Crippen LogP contribution is -2.51. The predicted octanol–water partition coefficient (Wildman–Crippen LogP) is 5.28. The third-order valence-electron chi connectivity index (χ3n) is 5.47. The lowest BCUT2D eigenvalue weighted by molar-refractivity contribution is -0.142. The summed E-state index contributed by atoms with van der Waals surface area (Å²) in [6.45, 7) is 2.76. The summed E-state index contributed by atoms with van der Waals surface area (Å²) in [5.74, 6) is 0.180.